The molecule has 2 unspecified atom stereocenters. The number of nitrogens with one attached hydrogen (secondary N) is 2. The van der Waals surface area contributed by atoms with Crippen LogP contribution in [0.5, 0.6) is 0 Å². The Kier molecular flexibility index (Phi) is 12.8. The van der Waals surface area contributed by atoms with E-state index in [4.69, 9.17) is 42.0 Å². The first-order chi connectivity index (χ1) is 21.9. The van der Waals surface area contributed by atoms with Crippen LogP contribution in [0.3, 0.4) is 0 Å². The second-order valence-electron chi connectivity index (χ2n) is 13.2. The normalized spacial score (nSPS) is 20.6. The summed E-state index contributed by atoms with van der Waals surface area (Å²) in [4.78, 5) is 29.1. The number of esters is 1. The molecule has 0 saturated carbocycles. The van der Waals surface area contributed by atoms with Gasteiger partial charge in [0, 0.05) is 25.7 Å². The summed E-state index contributed by atoms with van der Waals surface area (Å²) in [5.41, 5.74) is -0.138. The highest BCUT2D eigenvalue weighted by Crippen LogP contribution is 2.38. The van der Waals surface area contributed by atoms with Crippen molar-refractivity contribution in [1.82, 2.24) is 15.5 Å². The first-order valence-corrected chi connectivity index (χ1v) is 16.9. The van der Waals surface area contributed by atoms with Crippen molar-refractivity contribution in [3.8, 4) is 0 Å². The molecule has 0 aromatic heterocycles. The minimum atomic E-state index is -1.26. The fraction of sp³-hybridized carbons (Fsp3) is 0.588. The van der Waals surface area contributed by atoms with Crippen molar-refractivity contribution in [2.24, 2.45) is 0 Å². The molecule has 12 heteroatoms. The Hall–Kier alpha value is -2.34. The van der Waals surface area contributed by atoms with Crippen LogP contribution < -0.4 is 10.6 Å². The fourth-order valence-electron chi connectivity index (χ4n) is 6.12. The number of halogens is 2. The summed E-state index contributed by atoms with van der Waals surface area (Å²) in [5, 5.41) is 7.45. The maximum Gasteiger partial charge on any atom is 0.457 e. The average Bonchev–Trinajstić information content (AvgIpc) is 3.24. The lowest BCUT2D eigenvalue weighted by molar-refractivity contribution is -0.149. The number of unbranched alkanes of at least 4 members (excludes halogenated alkanes) is 1. The van der Waals surface area contributed by atoms with Crippen LogP contribution in [0.4, 0.5) is 4.79 Å². The van der Waals surface area contributed by atoms with E-state index in [1.165, 1.54) is 7.11 Å². The molecule has 2 aromatic rings. The number of hydrogen-bond donors (Lipinski definition) is 2. The highest BCUT2D eigenvalue weighted by Gasteiger charge is 2.50. The van der Waals surface area contributed by atoms with Gasteiger partial charge in [-0.15, -0.1) is 0 Å². The summed E-state index contributed by atoms with van der Waals surface area (Å²) in [6.45, 7) is 11.4. The van der Waals surface area contributed by atoms with Gasteiger partial charge in [-0.25, -0.2) is 9.59 Å². The van der Waals surface area contributed by atoms with Gasteiger partial charge in [-0.05, 0) is 83.1 Å². The van der Waals surface area contributed by atoms with E-state index in [0.29, 0.717) is 48.6 Å². The molecule has 0 aliphatic carbocycles. The van der Waals surface area contributed by atoms with Crippen LogP contribution >= 0.6 is 23.2 Å². The predicted octanol–water partition coefficient (Wildman–Crippen LogP) is 6.82. The van der Waals surface area contributed by atoms with Gasteiger partial charge in [-0.3, -0.25) is 4.90 Å². The van der Waals surface area contributed by atoms with Gasteiger partial charge in [-0.1, -0.05) is 72.4 Å². The summed E-state index contributed by atoms with van der Waals surface area (Å²) < 4.78 is 23.2. The summed E-state index contributed by atoms with van der Waals surface area (Å²) in [7, 11) is 1.03. The predicted molar refractivity (Wildman–Crippen MR) is 182 cm³/mol. The monoisotopic (exact) mass is 675 g/mol. The van der Waals surface area contributed by atoms with E-state index in [0.717, 1.165) is 37.2 Å². The number of carbonyl (C=O) groups is 2. The van der Waals surface area contributed by atoms with E-state index >= 15 is 0 Å². The average molecular weight is 676 g/mol. The lowest BCUT2D eigenvalue weighted by atomic mass is 9.80. The maximum absolute atomic E-state index is 13.5. The van der Waals surface area contributed by atoms with Gasteiger partial charge in [0.1, 0.15) is 12.1 Å². The number of carbonyl (C=O) groups excluding carboxylic acids is 2. The summed E-state index contributed by atoms with van der Waals surface area (Å²) in [5.74, 6) is -0.485. The minimum Gasteiger partial charge on any atom is -0.467 e. The molecule has 2 N–H and O–H groups in total. The molecule has 2 aromatic carbocycles. The Labute approximate surface area is 284 Å². The molecular weight excluding hydrogens is 628 g/mol. The zero-order valence-electron chi connectivity index (χ0n) is 27.7. The lowest BCUT2D eigenvalue weighted by Crippen LogP contribution is -2.55. The molecule has 9 nitrogen and oxygen atoms in total. The van der Waals surface area contributed by atoms with E-state index in [1.807, 2.05) is 76.2 Å². The topological polar surface area (TPSA) is 98.4 Å². The Balaban J connectivity index is 1.44. The van der Waals surface area contributed by atoms with Crippen LogP contribution in [0.2, 0.25) is 16.4 Å². The Morgan fingerprint density at radius 1 is 1.02 bits per heavy atom. The van der Waals surface area contributed by atoms with Gasteiger partial charge in [0.25, 0.3) is 0 Å². The number of ether oxygens (including phenoxy) is 2. The fourth-order valence-corrected chi connectivity index (χ4v) is 6.43. The maximum atomic E-state index is 13.5. The first-order valence-electron chi connectivity index (χ1n) is 16.2. The lowest BCUT2D eigenvalue weighted by Gasteiger charge is -2.38. The van der Waals surface area contributed by atoms with E-state index in [2.05, 4.69) is 15.5 Å². The highest BCUT2D eigenvalue weighted by molar-refractivity contribution is 6.45. The van der Waals surface area contributed by atoms with Gasteiger partial charge in [0.15, 0.2) is 0 Å². The van der Waals surface area contributed by atoms with Gasteiger partial charge in [-0.2, -0.15) is 0 Å². The van der Waals surface area contributed by atoms with E-state index in [9.17, 15) is 9.59 Å². The number of rotatable bonds is 14. The molecular formula is C34H48BCl2N3O6. The Morgan fingerprint density at radius 3 is 2.39 bits per heavy atom. The van der Waals surface area contributed by atoms with Gasteiger partial charge in [0.2, 0.25) is 0 Å². The molecule has 2 atom stereocenters. The summed E-state index contributed by atoms with van der Waals surface area (Å²) >= 11 is 12.5. The Bertz CT molecular complexity index is 1300. The number of methoxy groups -OCH3 is 1. The van der Waals surface area contributed by atoms with Crippen LogP contribution in [-0.4, -0.2) is 74.1 Å². The van der Waals surface area contributed by atoms with Crippen molar-refractivity contribution in [1.29, 1.82) is 0 Å². The Morgan fingerprint density at radius 2 is 1.72 bits per heavy atom. The molecule has 2 saturated heterocycles. The van der Waals surface area contributed by atoms with Crippen LogP contribution in [0.15, 0.2) is 48.5 Å². The number of nitrogens with zero attached hydrogens (tertiary/aromatic N) is 1. The van der Waals surface area contributed by atoms with Crippen molar-refractivity contribution >= 4 is 42.4 Å². The molecule has 0 radical (unpaired) electrons. The third-order valence-electron chi connectivity index (χ3n) is 9.46. The van der Waals surface area contributed by atoms with Crippen molar-refractivity contribution in [3.05, 3.63) is 69.7 Å². The summed E-state index contributed by atoms with van der Waals surface area (Å²) in [6.07, 6.45) is 2.82. The van der Waals surface area contributed by atoms with E-state index < -0.39 is 28.8 Å². The van der Waals surface area contributed by atoms with Crippen molar-refractivity contribution in [2.45, 2.75) is 95.5 Å². The first kappa shape index (κ1) is 36.5. The zero-order chi connectivity index (χ0) is 33.4. The molecule has 2 heterocycles. The molecule has 0 spiro atoms. The van der Waals surface area contributed by atoms with Crippen LogP contribution in [0.1, 0.15) is 77.0 Å². The molecule has 2 aliphatic heterocycles. The van der Waals surface area contributed by atoms with E-state index in [1.54, 1.807) is 0 Å². The smallest absolute Gasteiger partial charge is 0.457 e. The molecule has 2 aliphatic rings. The minimum absolute atomic E-state index is 0.0952. The second kappa shape index (κ2) is 16.2. The molecule has 2 fully saturated rings. The highest BCUT2D eigenvalue weighted by atomic mass is 35.5. The molecule has 46 heavy (non-hydrogen) atoms. The van der Waals surface area contributed by atoms with Gasteiger partial charge >= 0.3 is 19.2 Å². The number of benzene rings is 2. The molecule has 0 bridgehead atoms. The number of piperazine rings is 1. The molecule has 4 rings (SSSR count). The largest absolute Gasteiger partial charge is 0.467 e. The standard InChI is InChI=1S/C34H48BCl2N3O6/c1-32(2)33(3,4)46-35(45-32)18-10-9-16-34(30(41)43-5,39-31(42)44-24-25-12-7-6-8-13-25)17-11-20-40-21-19-38-23-29(40)26-14-15-27(36)28(37)22-26/h6-8,12-15,22,29,38H,9-11,16-21,23-24H2,1-5H3,(H,39,42). The third-order valence-corrected chi connectivity index (χ3v) is 10.2. The van der Waals surface area contributed by atoms with E-state index in [-0.39, 0.29) is 19.8 Å². The number of amides is 1. The number of hydrogen-bond acceptors (Lipinski definition) is 8. The van der Waals surface area contributed by atoms with Crippen LogP contribution in [0, 0.1) is 0 Å². The van der Waals surface area contributed by atoms with Crippen molar-refractivity contribution in [2.75, 3.05) is 33.3 Å². The van der Waals surface area contributed by atoms with Crippen LogP contribution in [0.25, 0.3) is 0 Å². The SMILES string of the molecule is COC(=O)C(CCCCB1OC(C)(C)C(C)(C)O1)(CCCN1CCNCC1c1ccc(Cl)c(Cl)c1)NC(=O)OCc1ccccc1. The number of alkyl carbamates (subject to hydrolysis) is 1. The zero-order valence-corrected chi connectivity index (χ0v) is 29.2. The van der Waals surface area contributed by atoms with Gasteiger partial charge < -0.3 is 29.4 Å². The summed E-state index contributed by atoms with van der Waals surface area (Å²) in [6, 6.07) is 15.3. The van der Waals surface area contributed by atoms with Crippen LogP contribution in [-0.2, 0) is 30.2 Å². The third kappa shape index (κ3) is 9.39. The van der Waals surface area contributed by atoms with Gasteiger partial charge in [0.05, 0.1) is 28.4 Å². The van der Waals surface area contributed by atoms with Crippen molar-refractivity contribution in [3.63, 3.8) is 0 Å². The molecule has 252 valence electrons. The molecule has 1 amide bonds. The van der Waals surface area contributed by atoms with Crippen molar-refractivity contribution < 1.29 is 28.4 Å². The second-order valence-corrected chi connectivity index (χ2v) is 14.0. The quantitative estimate of drug-likeness (QED) is 0.128.